The molecule has 1 fully saturated rings. The van der Waals surface area contributed by atoms with Gasteiger partial charge in [-0.1, -0.05) is 42.5 Å². The number of hydrogen-bond acceptors (Lipinski definition) is 4. The number of aliphatic hydroxyl groups is 1. The van der Waals surface area contributed by atoms with Crippen LogP contribution in [0.15, 0.2) is 36.4 Å². The third-order valence-electron chi connectivity index (χ3n) is 4.40. The summed E-state index contributed by atoms with van der Waals surface area (Å²) < 4.78 is 5.35. The number of carbonyl (C=O) groups excluding carboxylic acids is 1. The molecule has 4 heteroatoms. The maximum atomic E-state index is 12.6. The van der Waals surface area contributed by atoms with Crippen LogP contribution >= 0.6 is 0 Å². The molecule has 23 heavy (non-hydrogen) atoms. The Morgan fingerprint density at radius 1 is 1.39 bits per heavy atom. The lowest BCUT2D eigenvalue weighted by Crippen LogP contribution is -2.49. The van der Waals surface area contributed by atoms with Gasteiger partial charge in [0.25, 0.3) is 0 Å². The van der Waals surface area contributed by atoms with Crippen LogP contribution in [-0.2, 0) is 9.53 Å². The first-order valence-corrected chi connectivity index (χ1v) is 8.42. The zero-order valence-corrected chi connectivity index (χ0v) is 13.9. The van der Waals surface area contributed by atoms with Crippen LogP contribution in [0, 0.1) is 5.41 Å². The maximum Gasteiger partial charge on any atom is 0.313 e. The number of benzene rings is 1. The first-order valence-electron chi connectivity index (χ1n) is 8.42. The van der Waals surface area contributed by atoms with Crippen LogP contribution in [0.4, 0.5) is 0 Å². The smallest absolute Gasteiger partial charge is 0.313 e. The molecule has 1 aliphatic rings. The van der Waals surface area contributed by atoms with Crippen LogP contribution in [0.5, 0.6) is 0 Å². The summed E-state index contributed by atoms with van der Waals surface area (Å²) in [6.07, 6.45) is 6.61. The number of esters is 1. The van der Waals surface area contributed by atoms with Crippen molar-refractivity contribution in [1.82, 2.24) is 4.90 Å². The monoisotopic (exact) mass is 317 g/mol. The lowest BCUT2D eigenvalue weighted by Gasteiger charge is -2.40. The van der Waals surface area contributed by atoms with Gasteiger partial charge in [-0.25, -0.2) is 0 Å². The van der Waals surface area contributed by atoms with Gasteiger partial charge in [-0.2, -0.15) is 0 Å². The minimum atomic E-state index is -0.491. The molecule has 126 valence electrons. The van der Waals surface area contributed by atoms with Crippen molar-refractivity contribution in [3.8, 4) is 0 Å². The van der Waals surface area contributed by atoms with E-state index >= 15 is 0 Å². The highest BCUT2D eigenvalue weighted by Gasteiger charge is 2.42. The van der Waals surface area contributed by atoms with E-state index in [1.807, 2.05) is 37.3 Å². The van der Waals surface area contributed by atoms with Crippen LogP contribution in [-0.4, -0.2) is 48.8 Å². The summed E-state index contributed by atoms with van der Waals surface area (Å²) in [5, 5.41) is 9.18. The molecule has 1 aromatic rings. The van der Waals surface area contributed by atoms with E-state index in [-0.39, 0.29) is 12.6 Å². The SMILES string of the molecule is CCOC(=O)C1(C/C=C/c2ccccc2)CCCN(CCO)C1. The molecule has 1 saturated heterocycles. The fourth-order valence-corrected chi connectivity index (χ4v) is 3.24. The number of likely N-dealkylation sites (tertiary alicyclic amines) is 1. The number of rotatable bonds is 7. The Labute approximate surface area is 138 Å². The Hall–Kier alpha value is -1.65. The van der Waals surface area contributed by atoms with Crippen molar-refractivity contribution in [1.29, 1.82) is 0 Å². The van der Waals surface area contributed by atoms with Gasteiger partial charge in [0.05, 0.1) is 18.6 Å². The molecular weight excluding hydrogens is 290 g/mol. The van der Waals surface area contributed by atoms with Gasteiger partial charge in [0.15, 0.2) is 0 Å². The standard InChI is InChI=1S/C19H27NO3/c1-2-23-18(22)19(12-7-13-20(16-19)14-15-21)11-6-10-17-8-4-3-5-9-17/h3-6,8-10,21H,2,7,11-16H2,1H3/b10-6+. The average molecular weight is 317 g/mol. The molecule has 0 amide bonds. The van der Waals surface area contributed by atoms with Crippen LogP contribution < -0.4 is 0 Å². The molecule has 0 aromatic heterocycles. The molecule has 0 radical (unpaired) electrons. The summed E-state index contributed by atoms with van der Waals surface area (Å²) in [6, 6.07) is 10.1. The lowest BCUT2D eigenvalue weighted by molar-refractivity contribution is -0.159. The van der Waals surface area contributed by atoms with E-state index in [0.717, 1.165) is 24.9 Å². The van der Waals surface area contributed by atoms with E-state index in [1.165, 1.54) is 0 Å². The summed E-state index contributed by atoms with van der Waals surface area (Å²) in [7, 11) is 0. The molecule has 0 bridgehead atoms. The Morgan fingerprint density at radius 3 is 2.87 bits per heavy atom. The third kappa shape index (κ3) is 4.91. The van der Waals surface area contributed by atoms with E-state index in [9.17, 15) is 9.90 Å². The highest BCUT2D eigenvalue weighted by molar-refractivity contribution is 5.77. The van der Waals surface area contributed by atoms with Gasteiger partial charge in [-0.05, 0) is 38.3 Å². The summed E-state index contributed by atoms with van der Waals surface area (Å²) >= 11 is 0. The molecule has 1 aliphatic heterocycles. The molecule has 0 saturated carbocycles. The van der Waals surface area contributed by atoms with E-state index in [2.05, 4.69) is 17.1 Å². The van der Waals surface area contributed by atoms with Gasteiger partial charge < -0.3 is 9.84 Å². The van der Waals surface area contributed by atoms with Gasteiger partial charge in [0.1, 0.15) is 0 Å². The number of nitrogens with zero attached hydrogens (tertiary/aromatic N) is 1. The van der Waals surface area contributed by atoms with E-state index in [1.54, 1.807) is 0 Å². The fraction of sp³-hybridized carbons (Fsp3) is 0.526. The minimum absolute atomic E-state index is 0.111. The second-order valence-corrected chi connectivity index (χ2v) is 6.12. The van der Waals surface area contributed by atoms with Crippen LogP contribution in [0.25, 0.3) is 6.08 Å². The summed E-state index contributed by atoms with van der Waals surface area (Å²) in [6.45, 7) is 4.58. The lowest BCUT2D eigenvalue weighted by atomic mass is 9.76. The second-order valence-electron chi connectivity index (χ2n) is 6.12. The van der Waals surface area contributed by atoms with Crippen molar-refractivity contribution in [2.75, 3.05) is 32.8 Å². The normalized spacial score (nSPS) is 22.3. The van der Waals surface area contributed by atoms with Crippen molar-refractivity contribution in [3.63, 3.8) is 0 Å². The molecular formula is C19H27NO3. The molecule has 1 heterocycles. The van der Waals surface area contributed by atoms with E-state index in [4.69, 9.17) is 4.74 Å². The van der Waals surface area contributed by atoms with Crippen LogP contribution in [0.3, 0.4) is 0 Å². The first-order chi connectivity index (χ1) is 11.2. The summed E-state index contributed by atoms with van der Waals surface area (Å²) in [4.78, 5) is 14.7. The van der Waals surface area contributed by atoms with Crippen molar-refractivity contribution in [2.45, 2.75) is 26.2 Å². The summed E-state index contributed by atoms with van der Waals surface area (Å²) in [5.74, 6) is -0.111. The highest BCUT2D eigenvalue weighted by atomic mass is 16.5. The van der Waals surface area contributed by atoms with Gasteiger partial charge in [-0.3, -0.25) is 9.69 Å². The zero-order valence-electron chi connectivity index (χ0n) is 13.9. The van der Waals surface area contributed by atoms with Crippen molar-refractivity contribution < 1.29 is 14.6 Å². The number of ether oxygens (including phenoxy) is 1. The summed E-state index contributed by atoms with van der Waals surface area (Å²) in [5.41, 5.74) is 0.642. The van der Waals surface area contributed by atoms with Crippen molar-refractivity contribution >= 4 is 12.0 Å². The highest BCUT2D eigenvalue weighted by Crippen LogP contribution is 2.35. The number of carbonyl (C=O) groups is 1. The van der Waals surface area contributed by atoms with Gasteiger partial charge in [0, 0.05) is 13.1 Å². The molecule has 1 unspecified atom stereocenters. The van der Waals surface area contributed by atoms with Crippen LogP contribution in [0.1, 0.15) is 31.7 Å². The Bertz CT molecular complexity index is 513. The predicted molar refractivity (Wildman–Crippen MR) is 91.9 cm³/mol. The fourth-order valence-electron chi connectivity index (χ4n) is 3.24. The predicted octanol–water partition coefficient (Wildman–Crippen LogP) is 2.73. The van der Waals surface area contributed by atoms with E-state index < -0.39 is 5.41 Å². The Morgan fingerprint density at radius 2 is 2.17 bits per heavy atom. The molecule has 2 rings (SSSR count). The third-order valence-corrected chi connectivity index (χ3v) is 4.40. The maximum absolute atomic E-state index is 12.6. The average Bonchev–Trinajstić information content (AvgIpc) is 2.57. The van der Waals surface area contributed by atoms with Crippen LogP contribution in [0.2, 0.25) is 0 Å². The Kier molecular flexibility index (Phi) is 6.81. The minimum Gasteiger partial charge on any atom is -0.466 e. The number of allylic oxidation sites excluding steroid dienone is 1. The second kappa shape index (κ2) is 8.85. The van der Waals surface area contributed by atoms with Gasteiger partial charge in [0.2, 0.25) is 0 Å². The quantitative estimate of drug-likeness (QED) is 0.786. The van der Waals surface area contributed by atoms with Crippen molar-refractivity contribution in [3.05, 3.63) is 42.0 Å². The molecule has 1 N–H and O–H groups in total. The zero-order chi connectivity index (χ0) is 16.5. The molecule has 0 spiro atoms. The topological polar surface area (TPSA) is 49.8 Å². The van der Waals surface area contributed by atoms with Crippen molar-refractivity contribution in [2.24, 2.45) is 5.41 Å². The van der Waals surface area contributed by atoms with E-state index in [0.29, 0.717) is 26.1 Å². The number of hydrogen-bond donors (Lipinski definition) is 1. The Balaban J connectivity index is 2.10. The number of β-amino-alcohol motifs (C(OH)–C–C–N with tert-alkyl or cyclic N) is 1. The van der Waals surface area contributed by atoms with Gasteiger partial charge in [-0.15, -0.1) is 0 Å². The molecule has 1 atom stereocenters. The molecule has 4 nitrogen and oxygen atoms in total. The number of aliphatic hydroxyl groups excluding tert-OH is 1. The first kappa shape index (κ1) is 17.7. The van der Waals surface area contributed by atoms with Gasteiger partial charge >= 0.3 is 5.97 Å². The molecule has 0 aliphatic carbocycles. The molecule has 1 aromatic carbocycles. The number of piperidine rings is 1. The largest absolute Gasteiger partial charge is 0.466 e.